The van der Waals surface area contributed by atoms with Crippen LogP contribution in [0.5, 0.6) is 0 Å². The van der Waals surface area contributed by atoms with Gasteiger partial charge in [0.25, 0.3) is 0 Å². The number of nitrogens with zero attached hydrogens (tertiary/aromatic N) is 1. The fraction of sp³-hybridized carbons (Fsp3) is 1.00. The smallest absolute Gasteiger partial charge is 0.0610 e. The Hall–Kier alpha value is -0.120. The summed E-state index contributed by atoms with van der Waals surface area (Å²) in [5.41, 5.74) is -0.0567. The summed E-state index contributed by atoms with van der Waals surface area (Å²) in [6, 6.07) is 0.674. The van der Waals surface area contributed by atoms with Gasteiger partial charge in [0.15, 0.2) is 0 Å². The molecule has 1 aliphatic carbocycles. The molecule has 0 aliphatic heterocycles. The molecule has 1 fully saturated rings. The first kappa shape index (κ1) is 18.9. The van der Waals surface area contributed by atoms with Gasteiger partial charge >= 0.3 is 0 Å². The molecule has 0 aromatic carbocycles. The van der Waals surface area contributed by atoms with E-state index in [1.54, 1.807) is 0 Å². The molecule has 0 bridgehead atoms. The van der Waals surface area contributed by atoms with E-state index >= 15 is 0 Å². The van der Waals surface area contributed by atoms with Crippen LogP contribution in [0.3, 0.4) is 0 Å². The number of aliphatic hydroxyl groups is 1. The first-order valence-electron chi connectivity index (χ1n) is 9.24. The SMILES string of the molecule is CCCCN(CCCC)CCCCC(C)(CO)NC1CC1. The summed E-state index contributed by atoms with van der Waals surface area (Å²) in [5, 5.41) is 13.2. The number of hydrogen-bond acceptors (Lipinski definition) is 3. The molecule has 21 heavy (non-hydrogen) atoms. The molecule has 3 nitrogen and oxygen atoms in total. The average molecular weight is 299 g/mol. The van der Waals surface area contributed by atoms with Crippen molar-refractivity contribution in [2.45, 2.75) is 90.1 Å². The van der Waals surface area contributed by atoms with Gasteiger partial charge in [-0.15, -0.1) is 0 Å². The van der Waals surface area contributed by atoms with Gasteiger partial charge in [-0.05, 0) is 65.1 Å². The molecule has 3 heteroatoms. The van der Waals surface area contributed by atoms with Gasteiger partial charge in [0.2, 0.25) is 0 Å². The van der Waals surface area contributed by atoms with Gasteiger partial charge in [0.05, 0.1) is 6.61 Å². The summed E-state index contributed by atoms with van der Waals surface area (Å²) in [6.45, 7) is 10.7. The quantitative estimate of drug-likeness (QED) is 0.481. The van der Waals surface area contributed by atoms with Crippen molar-refractivity contribution in [3.8, 4) is 0 Å². The van der Waals surface area contributed by atoms with Crippen molar-refractivity contribution in [3.63, 3.8) is 0 Å². The van der Waals surface area contributed by atoms with Crippen LogP contribution in [0, 0.1) is 0 Å². The largest absolute Gasteiger partial charge is 0.394 e. The molecule has 1 aliphatic rings. The average Bonchev–Trinajstić information content (AvgIpc) is 3.29. The van der Waals surface area contributed by atoms with E-state index in [0.717, 1.165) is 6.42 Å². The highest BCUT2D eigenvalue weighted by Gasteiger charge is 2.31. The summed E-state index contributed by atoms with van der Waals surface area (Å²) in [7, 11) is 0. The Morgan fingerprint density at radius 2 is 1.57 bits per heavy atom. The number of hydrogen-bond donors (Lipinski definition) is 2. The molecular formula is C18H38N2O. The highest BCUT2D eigenvalue weighted by Crippen LogP contribution is 2.25. The van der Waals surface area contributed by atoms with Crippen LogP contribution >= 0.6 is 0 Å². The molecule has 0 heterocycles. The first-order chi connectivity index (χ1) is 10.1. The molecule has 0 aromatic heterocycles. The van der Waals surface area contributed by atoms with Crippen LogP contribution in [0.25, 0.3) is 0 Å². The second kappa shape index (κ2) is 10.6. The topological polar surface area (TPSA) is 35.5 Å². The van der Waals surface area contributed by atoms with E-state index in [4.69, 9.17) is 0 Å². The predicted octanol–water partition coefficient (Wildman–Crippen LogP) is 3.56. The second-order valence-electron chi connectivity index (χ2n) is 7.14. The first-order valence-corrected chi connectivity index (χ1v) is 9.24. The van der Waals surface area contributed by atoms with E-state index in [1.807, 2.05) is 0 Å². The molecule has 0 radical (unpaired) electrons. The third kappa shape index (κ3) is 8.80. The zero-order valence-electron chi connectivity index (χ0n) is 14.7. The van der Waals surface area contributed by atoms with E-state index < -0.39 is 0 Å². The van der Waals surface area contributed by atoms with Crippen LogP contribution in [0.15, 0.2) is 0 Å². The Bertz CT molecular complexity index is 248. The standard InChI is InChI=1S/C18H38N2O/c1-4-6-13-20(14-7-5-2)15-9-8-12-18(3,16-21)19-17-10-11-17/h17,19,21H,4-16H2,1-3H3. The van der Waals surface area contributed by atoms with Crippen molar-refractivity contribution in [2.24, 2.45) is 0 Å². The van der Waals surface area contributed by atoms with E-state index in [2.05, 4.69) is 31.0 Å². The van der Waals surface area contributed by atoms with Gasteiger partial charge in [-0.3, -0.25) is 0 Å². The normalized spacial score (nSPS) is 18.1. The van der Waals surface area contributed by atoms with Gasteiger partial charge in [-0.2, -0.15) is 0 Å². The Morgan fingerprint density at radius 1 is 1.00 bits per heavy atom. The molecule has 0 spiro atoms. The third-order valence-electron chi connectivity index (χ3n) is 4.59. The van der Waals surface area contributed by atoms with Crippen molar-refractivity contribution in [3.05, 3.63) is 0 Å². The maximum absolute atomic E-state index is 9.63. The van der Waals surface area contributed by atoms with Crippen LogP contribution in [0.1, 0.15) is 78.6 Å². The minimum Gasteiger partial charge on any atom is -0.394 e. The zero-order chi connectivity index (χ0) is 15.6. The lowest BCUT2D eigenvalue weighted by Gasteiger charge is -2.29. The summed E-state index contributed by atoms with van der Waals surface area (Å²) in [6.07, 6.45) is 11.4. The molecule has 0 saturated heterocycles. The van der Waals surface area contributed by atoms with Gasteiger partial charge < -0.3 is 15.3 Å². The number of rotatable bonds is 14. The van der Waals surface area contributed by atoms with E-state index in [0.29, 0.717) is 6.04 Å². The van der Waals surface area contributed by atoms with E-state index in [1.165, 1.54) is 71.0 Å². The maximum Gasteiger partial charge on any atom is 0.0610 e. The summed E-state index contributed by atoms with van der Waals surface area (Å²) >= 11 is 0. The molecular weight excluding hydrogens is 260 g/mol. The third-order valence-corrected chi connectivity index (χ3v) is 4.59. The van der Waals surface area contributed by atoms with E-state index in [9.17, 15) is 5.11 Å². The summed E-state index contributed by atoms with van der Waals surface area (Å²) < 4.78 is 0. The fourth-order valence-electron chi connectivity index (χ4n) is 2.87. The van der Waals surface area contributed by atoms with Crippen molar-refractivity contribution < 1.29 is 5.11 Å². The van der Waals surface area contributed by atoms with Crippen LogP contribution in [-0.4, -0.2) is 47.8 Å². The zero-order valence-corrected chi connectivity index (χ0v) is 14.7. The number of nitrogens with one attached hydrogen (secondary N) is 1. The molecule has 1 atom stereocenters. The van der Waals surface area contributed by atoms with Crippen molar-refractivity contribution in [2.75, 3.05) is 26.2 Å². The molecule has 2 N–H and O–H groups in total. The van der Waals surface area contributed by atoms with Crippen molar-refractivity contribution in [1.82, 2.24) is 10.2 Å². The van der Waals surface area contributed by atoms with Gasteiger partial charge in [-0.25, -0.2) is 0 Å². The lowest BCUT2D eigenvalue weighted by Crippen LogP contribution is -2.47. The monoisotopic (exact) mass is 298 g/mol. The predicted molar refractivity (Wildman–Crippen MR) is 91.8 cm³/mol. The summed E-state index contributed by atoms with van der Waals surface area (Å²) in [5.74, 6) is 0. The lowest BCUT2D eigenvalue weighted by atomic mass is 9.95. The Labute approximate surface area is 132 Å². The highest BCUT2D eigenvalue weighted by atomic mass is 16.3. The maximum atomic E-state index is 9.63. The molecule has 1 unspecified atom stereocenters. The molecule has 0 aromatic rings. The van der Waals surface area contributed by atoms with Gasteiger partial charge in [0.1, 0.15) is 0 Å². The number of aliphatic hydroxyl groups excluding tert-OH is 1. The lowest BCUT2D eigenvalue weighted by molar-refractivity contribution is 0.158. The minimum atomic E-state index is -0.0567. The molecule has 126 valence electrons. The van der Waals surface area contributed by atoms with E-state index in [-0.39, 0.29) is 12.1 Å². The van der Waals surface area contributed by atoms with Gasteiger partial charge in [0, 0.05) is 11.6 Å². The van der Waals surface area contributed by atoms with Crippen molar-refractivity contribution >= 4 is 0 Å². The number of unbranched alkanes of at least 4 members (excludes halogenated alkanes) is 3. The minimum absolute atomic E-state index is 0.0567. The fourth-order valence-corrected chi connectivity index (χ4v) is 2.87. The Morgan fingerprint density at radius 3 is 2.05 bits per heavy atom. The Kier molecular flexibility index (Phi) is 9.54. The Balaban J connectivity index is 2.18. The van der Waals surface area contributed by atoms with Gasteiger partial charge in [-0.1, -0.05) is 33.1 Å². The van der Waals surface area contributed by atoms with Crippen LogP contribution in [0.2, 0.25) is 0 Å². The van der Waals surface area contributed by atoms with Crippen LogP contribution < -0.4 is 5.32 Å². The van der Waals surface area contributed by atoms with Crippen LogP contribution in [-0.2, 0) is 0 Å². The second-order valence-corrected chi connectivity index (χ2v) is 7.14. The van der Waals surface area contributed by atoms with Crippen molar-refractivity contribution in [1.29, 1.82) is 0 Å². The molecule has 0 amide bonds. The summed E-state index contributed by atoms with van der Waals surface area (Å²) in [4.78, 5) is 2.64. The van der Waals surface area contributed by atoms with Crippen LogP contribution in [0.4, 0.5) is 0 Å². The highest BCUT2D eigenvalue weighted by molar-refractivity contribution is 4.92. The molecule has 1 rings (SSSR count). The molecule has 1 saturated carbocycles.